The van der Waals surface area contributed by atoms with Gasteiger partial charge in [-0.15, -0.1) is 0 Å². The van der Waals surface area contributed by atoms with Crippen LogP contribution in [-0.2, 0) is 0 Å². The lowest BCUT2D eigenvalue weighted by atomic mass is 9.97. The first-order valence-electron chi connectivity index (χ1n) is 6.16. The molecule has 1 N–H and O–H groups in total. The standard InChI is InChI=1S/C13H16F2N2O2/c1-13(2,8-3-4-8)16-11-6-5-9(17(18)19)7-10(11)12(14)15/h5-8,12,16H,3-4H2,1-2H3. The predicted octanol–water partition coefficient (Wildman–Crippen LogP) is 4.13. The van der Waals surface area contributed by atoms with Crippen molar-refractivity contribution in [1.82, 2.24) is 0 Å². The first-order chi connectivity index (χ1) is 8.81. The summed E-state index contributed by atoms with van der Waals surface area (Å²) in [6, 6.07) is 3.55. The van der Waals surface area contributed by atoms with E-state index < -0.39 is 11.3 Å². The molecule has 0 unspecified atom stereocenters. The summed E-state index contributed by atoms with van der Waals surface area (Å²) in [6.45, 7) is 3.92. The molecular weight excluding hydrogens is 254 g/mol. The first-order valence-corrected chi connectivity index (χ1v) is 6.16. The third-order valence-corrected chi connectivity index (χ3v) is 3.54. The molecule has 0 aliphatic heterocycles. The second kappa shape index (κ2) is 4.75. The Labute approximate surface area is 110 Å². The highest BCUT2D eigenvalue weighted by Gasteiger charge is 2.38. The summed E-state index contributed by atoms with van der Waals surface area (Å²) in [7, 11) is 0. The zero-order chi connectivity index (χ0) is 14.2. The summed E-state index contributed by atoms with van der Waals surface area (Å²) in [4.78, 5) is 9.97. The molecule has 0 saturated heterocycles. The summed E-state index contributed by atoms with van der Waals surface area (Å²) < 4.78 is 26.0. The zero-order valence-corrected chi connectivity index (χ0v) is 10.8. The Bertz CT molecular complexity index is 499. The molecule has 4 nitrogen and oxygen atoms in total. The smallest absolute Gasteiger partial charge is 0.270 e. The van der Waals surface area contributed by atoms with Crippen LogP contribution in [0.4, 0.5) is 20.2 Å². The molecule has 0 bridgehead atoms. The van der Waals surface area contributed by atoms with Crippen molar-refractivity contribution in [3.63, 3.8) is 0 Å². The molecule has 19 heavy (non-hydrogen) atoms. The van der Waals surface area contributed by atoms with E-state index in [0.717, 1.165) is 18.9 Å². The molecule has 1 aromatic carbocycles. The molecule has 1 aliphatic rings. The maximum absolute atomic E-state index is 13.0. The lowest BCUT2D eigenvalue weighted by Crippen LogP contribution is -2.33. The minimum atomic E-state index is -2.74. The molecule has 0 heterocycles. The molecule has 2 rings (SSSR count). The molecule has 0 spiro atoms. The number of benzene rings is 1. The molecule has 0 atom stereocenters. The number of nitro groups is 1. The Balaban J connectivity index is 2.31. The van der Waals surface area contributed by atoms with Gasteiger partial charge < -0.3 is 5.32 Å². The highest BCUT2D eigenvalue weighted by molar-refractivity contribution is 5.58. The van der Waals surface area contributed by atoms with Crippen LogP contribution in [0.15, 0.2) is 18.2 Å². The van der Waals surface area contributed by atoms with Gasteiger partial charge in [-0.25, -0.2) is 8.78 Å². The number of hydrogen-bond donors (Lipinski definition) is 1. The van der Waals surface area contributed by atoms with Crippen LogP contribution in [-0.4, -0.2) is 10.5 Å². The minimum absolute atomic E-state index is 0.275. The molecule has 0 aromatic heterocycles. The van der Waals surface area contributed by atoms with Crippen molar-refractivity contribution in [3.05, 3.63) is 33.9 Å². The second-order valence-corrected chi connectivity index (χ2v) is 5.45. The lowest BCUT2D eigenvalue weighted by Gasteiger charge is -2.28. The van der Waals surface area contributed by atoms with Crippen molar-refractivity contribution < 1.29 is 13.7 Å². The number of alkyl halides is 2. The Hall–Kier alpha value is -1.72. The van der Waals surface area contributed by atoms with Crippen molar-refractivity contribution in [3.8, 4) is 0 Å². The topological polar surface area (TPSA) is 55.2 Å². The van der Waals surface area contributed by atoms with Crippen LogP contribution in [0.3, 0.4) is 0 Å². The Morgan fingerprint density at radius 3 is 2.53 bits per heavy atom. The highest BCUT2D eigenvalue weighted by atomic mass is 19.3. The maximum Gasteiger partial charge on any atom is 0.270 e. The second-order valence-electron chi connectivity index (χ2n) is 5.45. The third kappa shape index (κ3) is 3.00. The van der Waals surface area contributed by atoms with E-state index in [2.05, 4.69) is 5.32 Å². The van der Waals surface area contributed by atoms with E-state index in [4.69, 9.17) is 0 Å². The highest BCUT2D eigenvalue weighted by Crippen LogP contribution is 2.42. The SMILES string of the molecule is CC(C)(Nc1ccc([N+](=O)[O-])cc1C(F)F)C1CC1. The summed E-state index contributed by atoms with van der Waals surface area (Å²) in [6.07, 6.45) is -0.578. The third-order valence-electron chi connectivity index (χ3n) is 3.54. The molecule has 1 aliphatic carbocycles. The quantitative estimate of drug-likeness (QED) is 0.646. The molecule has 0 radical (unpaired) electrons. The number of non-ortho nitro benzene ring substituents is 1. The van der Waals surface area contributed by atoms with Crippen molar-refractivity contribution in [1.29, 1.82) is 0 Å². The number of nitrogens with one attached hydrogen (secondary N) is 1. The number of hydrogen-bond acceptors (Lipinski definition) is 3. The van der Waals surface area contributed by atoms with Crippen molar-refractivity contribution >= 4 is 11.4 Å². The van der Waals surface area contributed by atoms with Gasteiger partial charge in [-0.2, -0.15) is 0 Å². The molecule has 6 heteroatoms. The van der Waals surface area contributed by atoms with E-state index in [1.807, 2.05) is 13.8 Å². The van der Waals surface area contributed by atoms with Gasteiger partial charge in [0.05, 0.1) is 4.92 Å². The largest absolute Gasteiger partial charge is 0.379 e. The fourth-order valence-electron chi connectivity index (χ4n) is 2.21. The van der Waals surface area contributed by atoms with Gasteiger partial charge in [0.15, 0.2) is 0 Å². The van der Waals surface area contributed by atoms with E-state index in [-0.39, 0.29) is 22.5 Å². The summed E-state index contributed by atoms with van der Waals surface area (Å²) >= 11 is 0. The van der Waals surface area contributed by atoms with Gasteiger partial charge in [-0.05, 0) is 38.7 Å². The summed E-state index contributed by atoms with van der Waals surface area (Å²) in [5, 5.41) is 13.7. The fourth-order valence-corrected chi connectivity index (χ4v) is 2.21. The number of anilines is 1. The van der Waals surface area contributed by atoms with E-state index in [9.17, 15) is 18.9 Å². The molecule has 1 aromatic rings. The van der Waals surface area contributed by atoms with Crippen LogP contribution in [0.1, 0.15) is 38.7 Å². The molecular formula is C13H16F2N2O2. The summed E-state index contributed by atoms with van der Waals surface area (Å²) in [5.74, 6) is 0.466. The zero-order valence-electron chi connectivity index (χ0n) is 10.8. The van der Waals surface area contributed by atoms with Gasteiger partial charge in [0, 0.05) is 28.9 Å². The van der Waals surface area contributed by atoms with Crippen molar-refractivity contribution in [2.75, 3.05) is 5.32 Å². The molecule has 104 valence electrons. The van der Waals surface area contributed by atoms with Crippen molar-refractivity contribution in [2.45, 2.75) is 38.7 Å². The van der Waals surface area contributed by atoms with E-state index in [0.29, 0.717) is 5.92 Å². The summed E-state index contributed by atoms with van der Waals surface area (Å²) in [5.41, 5.74) is -0.634. The molecule has 1 saturated carbocycles. The van der Waals surface area contributed by atoms with Crippen LogP contribution in [0, 0.1) is 16.0 Å². The van der Waals surface area contributed by atoms with Crippen LogP contribution >= 0.6 is 0 Å². The van der Waals surface area contributed by atoms with Gasteiger partial charge in [0.25, 0.3) is 12.1 Å². The molecule has 1 fully saturated rings. The number of rotatable bonds is 5. The number of nitro benzene ring substituents is 1. The van der Waals surface area contributed by atoms with E-state index >= 15 is 0 Å². The average Bonchev–Trinajstić information content (AvgIpc) is 3.12. The van der Waals surface area contributed by atoms with Crippen molar-refractivity contribution in [2.24, 2.45) is 5.92 Å². The minimum Gasteiger partial charge on any atom is -0.379 e. The van der Waals surface area contributed by atoms with Crippen LogP contribution in [0.2, 0.25) is 0 Å². The lowest BCUT2D eigenvalue weighted by molar-refractivity contribution is -0.385. The van der Waals surface area contributed by atoms with Gasteiger partial charge in [-0.3, -0.25) is 10.1 Å². The fraction of sp³-hybridized carbons (Fsp3) is 0.538. The van der Waals surface area contributed by atoms with Gasteiger partial charge in [0.2, 0.25) is 0 Å². The van der Waals surface area contributed by atoms with Gasteiger partial charge >= 0.3 is 0 Å². The maximum atomic E-state index is 13.0. The van der Waals surface area contributed by atoms with Crippen LogP contribution in [0.5, 0.6) is 0 Å². The predicted molar refractivity (Wildman–Crippen MR) is 68.5 cm³/mol. The first kappa shape index (κ1) is 13.7. The Morgan fingerprint density at radius 2 is 2.05 bits per heavy atom. The Kier molecular flexibility index (Phi) is 3.43. The van der Waals surface area contributed by atoms with Gasteiger partial charge in [-0.1, -0.05) is 0 Å². The van der Waals surface area contributed by atoms with Crippen LogP contribution < -0.4 is 5.32 Å². The molecule has 0 amide bonds. The van der Waals surface area contributed by atoms with Crippen LogP contribution in [0.25, 0.3) is 0 Å². The normalized spacial score (nSPS) is 15.6. The van der Waals surface area contributed by atoms with E-state index in [1.54, 1.807) is 0 Å². The number of nitrogens with zero attached hydrogens (tertiary/aromatic N) is 1. The van der Waals surface area contributed by atoms with E-state index in [1.165, 1.54) is 12.1 Å². The Morgan fingerprint density at radius 1 is 1.42 bits per heavy atom. The monoisotopic (exact) mass is 270 g/mol. The number of halogens is 2. The van der Waals surface area contributed by atoms with Gasteiger partial charge in [0.1, 0.15) is 0 Å². The average molecular weight is 270 g/mol.